The van der Waals surface area contributed by atoms with Gasteiger partial charge >= 0.3 is 5.97 Å². The van der Waals surface area contributed by atoms with Crippen LogP contribution in [0.5, 0.6) is 0 Å². The number of hydrogen-bond donors (Lipinski definition) is 0. The Morgan fingerprint density at radius 3 is 2.68 bits per heavy atom. The van der Waals surface area contributed by atoms with Gasteiger partial charge < -0.3 is 4.74 Å². The molecular weight excluding hydrogens is 278 g/mol. The number of thiazole rings is 1. The standard InChI is InChI=1S/C14H15NO2S2/c1-17-13(16)8-5-10-3-6-11(7-4-10)14-15-12(18-2)9-19-14/h3-4,6-7,9H,5,8H2,1-2H3. The highest BCUT2D eigenvalue weighted by Crippen LogP contribution is 2.27. The fourth-order valence-corrected chi connectivity index (χ4v) is 3.11. The Kier molecular flexibility index (Phi) is 4.99. The van der Waals surface area contributed by atoms with Gasteiger partial charge in [-0.2, -0.15) is 0 Å². The molecule has 5 heteroatoms. The summed E-state index contributed by atoms with van der Waals surface area (Å²) in [4.78, 5) is 15.6. The maximum absolute atomic E-state index is 11.1. The van der Waals surface area contributed by atoms with Gasteiger partial charge in [0.05, 0.1) is 7.11 Å². The molecule has 0 amide bonds. The third kappa shape index (κ3) is 3.81. The molecule has 1 aromatic carbocycles. The van der Waals surface area contributed by atoms with Crippen molar-refractivity contribution in [3.05, 3.63) is 35.2 Å². The van der Waals surface area contributed by atoms with Gasteiger partial charge in [-0.3, -0.25) is 4.79 Å². The van der Waals surface area contributed by atoms with Gasteiger partial charge in [-0.25, -0.2) is 4.98 Å². The first-order valence-electron chi connectivity index (χ1n) is 5.88. The minimum atomic E-state index is -0.173. The summed E-state index contributed by atoms with van der Waals surface area (Å²) in [7, 11) is 1.41. The van der Waals surface area contributed by atoms with Crippen molar-refractivity contribution in [2.75, 3.05) is 13.4 Å². The van der Waals surface area contributed by atoms with Crippen molar-refractivity contribution in [1.29, 1.82) is 0 Å². The summed E-state index contributed by atoms with van der Waals surface area (Å²) in [6, 6.07) is 8.18. The van der Waals surface area contributed by atoms with E-state index in [0.717, 1.165) is 21.2 Å². The number of carbonyl (C=O) groups excluding carboxylic acids is 1. The average molecular weight is 293 g/mol. The van der Waals surface area contributed by atoms with Crippen molar-refractivity contribution in [3.8, 4) is 10.6 Å². The first kappa shape index (κ1) is 14.1. The number of aryl methyl sites for hydroxylation is 1. The Labute approximate surface area is 121 Å². The van der Waals surface area contributed by atoms with Gasteiger partial charge in [0.2, 0.25) is 0 Å². The van der Waals surface area contributed by atoms with E-state index in [0.29, 0.717) is 12.8 Å². The van der Waals surface area contributed by atoms with E-state index in [4.69, 9.17) is 0 Å². The van der Waals surface area contributed by atoms with E-state index in [9.17, 15) is 4.79 Å². The van der Waals surface area contributed by atoms with Gasteiger partial charge in [0.1, 0.15) is 10.0 Å². The Hall–Kier alpha value is -1.33. The zero-order chi connectivity index (χ0) is 13.7. The number of nitrogens with zero attached hydrogens (tertiary/aromatic N) is 1. The van der Waals surface area contributed by atoms with Crippen LogP contribution in [0, 0.1) is 0 Å². The number of methoxy groups -OCH3 is 1. The Morgan fingerprint density at radius 1 is 1.37 bits per heavy atom. The van der Waals surface area contributed by atoms with Gasteiger partial charge in [0.15, 0.2) is 0 Å². The summed E-state index contributed by atoms with van der Waals surface area (Å²) in [5, 5.41) is 4.14. The van der Waals surface area contributed by atoms with Crippen molar-refractivity contribution < 1.29 is 9.53 Å². The van der Waals surface area contributed by atoms with Gasteiger partial charge in [-0.15, -0.1) is 23.1 Å². The number of aromatic nitrogens is 1. The zero-order valence-electron chi connectivity index (χ0n) is 10.9. The lowest BCUT2D eigenvalue weighted by molar-refractivity contribution is -0.140. The van der Waals surface area contributed by atoms with Crippen LogP contribution in [0.3, 0.4) is 0 Å². The SMILES string of the molecule is COC(=O)CCc1ccc(-c2nc(SC)cs2)cc1. The summed E-state index contributed by atoms with van der Waals surface area (Å²) < 4.78 is 4.63. The van der Waals surface area contributed by atoms with E-state index in [2.05, 4.69) is 27.2 Å². The van der Waals surface area contributed by atoms with Crippen molar-refractivity contribution in [3.63, 3.8) is 0 Å². The predicted octanol–water partition coefficient (Wildman–Crippen LogP) is 3.64. The lowest BCUT2D eigenvalue weighted by Gasteiger charge is -2.02. The van der Waals surface area contributed by atoms with Crippen LogP contribution in [0.4, 0.5) is 0 Å². The molecule has 0 radical (unpaired) electrons. The smallest absolute Gasteiger partial charge is 0.305 e. The Morgan fingerprint density at radius 2 is 2.11 bits per heavy atom. The summed E-state index contributed by atoms with van der Waals surface area (Å²) in [6.07, 6.45) is 3.15. The molecule has 2 aromatic rings. The zero-order valence-corrected chi connectivity index (χ0v) is 12.5. The molecule has 0 N–H and O–H groups in total. The molecule has 2 rings (SSSR count). The number of esters is 1. The molecule has 0 saturated heterocycles. The van der Waals surface area contributed by atoms with Crippen LogP contribution in [0.1, 0.15) is 12.0 Å². The van der Waals surface area contributed by atoms with Gasteiger partial charge in [-0.1, -0.05) is 24.3 Å². The van der Waals surface area contributed by atoms with Gasteiger partial charge in [0, 0.05) is 17.4 Å². The normalized spacial score (nSPS) is 10.4. The largest absolute Gasteiger partial charge is 0.469 e. The van der Waals surface area contributed by atoms with Crippen molar-refractivity contribution >= 4 is 29.1 Å². The molecule has 1 heterocycles. The molecule has 0 aliphatic carbocycles. The fourth-order valence-electron chi connectivity index (χ4n) is 1.65. The van der Waals surface area contributed by atoms with E-state index in [1.54, 1.807) is 23.1 Å². The fraction of sp³-hybridized carbons (Fsp3) is 0.286. The summed E-state index contributed by atoms with van der Waals surface area (Å²) in [5.74, 6) is -0.173. The predicted molar refractivity (Wildman–Crippen MR) is 79.7 cm³/mol. The highest BCUT2D eigenvalue weighted by Gasteiger charge is 2.05. The van der Waals surface area contributed by atoms with Gasteiger partial charge in [0.25, 0.3) is 0 Å². The van der Waals surface area contributed by atoms with E-state index >= 15 is 0 Å². The topological polar surface area (TPSA) is 39.2 Å². The van der Waals surface area contributed by atoms with E-state index in [1.165, 1.54) is 7.11 Å². The van der Waals surface area contributed by atoms with Crippen LogP contribution in [0.25, 0.3) is 10.6 Å². The van der Waals surface area contributed by atoms with Crippen LogP contribution >= 0.6 is 23.1 Å². The number of ether oxygens (including phenoxy) is 1. The van der Waals surface area contributed by atoms with Gasteiger partial charge in [-0.05, 0) is 18.2 Å². The van der Waals surface area contributed by atoms with E-state index in [1.807, 2.05) is 18.4 Å². The number of rotatable bonds is 5. The van der Waals surface area contributed by atoms with Crippen molar-refractivity contribution in [2.45, 2.75) is 17.9 Å². The number of thioether (sulfide) groups is 1. The molecule has 0 aliphatic rings. The summed E-state index contributed by atoms with van der Waals surface area (Å²) in [6.45, 7) is 0. The lowest BCUT2D eigenvalue weighted by Crippen LogP contribution is -2.01. The maximum atomic E-state index is 11.1. The Balaban J connectivity index is 2.03. The van der Waals surface area contributed by atoms with E-state index in [-0.39, 0.29) is 5.97 Å². The average Bonchev–Trinajstić information content (AvgIpc) is 2.94. The summed E-state index contributed by atoms with van der Waals surface area (Å²) >= 11 is 3.30. The van der Waals surface area contributed by atoms with Crippen LogP contribution in [0.2, 0.25) is 0 Å². The second kappa shape index (κ2) is 6.73. The first-order chi connectivity index (χ1) is 9.22. The lowest BCUT2D eigenvalue weighted by atomic mass is 10.1. The molecule has 0 aliphatic heterocycles. The highest BCUT2D eigenvalue weighted by molar-refractivity contribution is 7.98. The first-order valence-corrected chi connectivity index (χ1v) is 7.99. The second-order valence-electron chi connectivity index (χ2n) is 3.97. The van der Waals surface area contributed by atoms with Crippen molar-refractivity contribution in [2.24, 2.45) is 0 Å². The molecule has 1 aromatic heterocycles. The minimum Gasteiger partial charge on any atom is -0.469 e. The van der Waals surface area contributed by atoms with E-state index < -0.39 is 0 Å². The number of carbonyl (C=O) groups is 1. The van der Waals surface area contributed by atoms with Crippen LogP contribution in [-0.4, -0.2) is 24.3 Å². The van der Waals surface area contributed by atoms with Crippen LogP contribution in [0.15, 0.2) is 34.7 Å². The third-order valence-corrected chi connectivity index (χ3v) is 4.41. The molecule has 0 atom stereocenters. The minimum absolute atomic E-state index is 0.173. The molecule has 0 saturated carbocycles. The molecule has 0 spiro atoms. The maximum Gasteiger partial charge on any atom is 0.305 e. The quantitative estimate of drug-likeness (QED) is 0.623. The molecule has 19 heavy (non-hydrogen) atoms. The second-order valence-corrected chi connectivity index (χ2v) is 5.65. The molecule has 0 bridgehead atoms. The van der Waals surface area contributed by atoms with Crippen molar-refractivity contribution in [1.82, 2.24) is 4.98 Å². The monoisotopic (exact) mass is 293 g/mol. The van der Waals surface area contributed by atoms with Crippen LogP contribution in [-0.2, 0) is 16.0 Å². The molecule has 100 valence electrons. The Bertz CT molecular complexity index is 549. The molecule has 3 nitrogen and oxygen atoms in total. The third-order valence-electron chi connectivity index (χ3n) is 2.74. The number of hydrogen-bond acceptors (Lipinski definition) is 5. The number of benzene rings is 1. The molecule has 0 unspecified atom stereocenters. The molecular formula is C14H15NO2S2. The van der Waals surface area contributed by atoms with Crippen LogP contribution < -0.4 is 0 Å². The highest BCUT2D eigenvalue weighted by atomic mass is 32.2. The molecule has 0 fully saturated rings. The summed E-state index contributed by atoms with van der Waals surface area (Å²) in [5.41, 5.74) is 2.25.